The third-order valence-corrected chi connectivity index (χ3v) is 3.60. The summed E-state index contributed by atoms with van der Waals surface area (Å²) in [6, 6.07) is 13.0. The Kier molecular flexibility index (Phi) is 3.77. The van der Waals surface area contributed by atoms with Crippen molar-refractivity contribution in [3.63, 3.8) is 0 Å². The summed E-state index contributed by atoms with van der Waals surface area (Å²) in [5.41, 5.74) is 4.09. The maximum atomic E-state index is 12.2. The molecule has 3 rings (SSSR count). The molecule has 0 spiro atoms. The first-order valence-corrected chi connectivity index (χ1v) is 6.94. The number of amides is 1. The highest BCUT2D eigenvalue weighted by Gasteiger charge is 2.25. The third kappa shape index (κ3) is 2.99. The minimum atomic E-state index is -0.912. The van der Waals surface area contributed by atoms with E-state index in [-0.39, 0.29) is 5.91 Å². The lowest BCUT2D eigenvalue weighted by Crippen LogP contribution is -2.41. The fraction of sp³-hybridized carbons (Fsp3) is 0.188. The number of fused-ring (bicyclic) bond motifs is 1. The van der Waals surface area contributed by atoms with Gasteiger partial charge in [0.2, 0.25) is 0 Å². The monoisotopic (exact) mass is 281 g/mol. The van der Waals surface area contributed by atoms with Crippen LogP contribution in [0.4, 0.5) is 5.69 Å². The van der Waals surface area contributed by atoms with E-state index in [0.29, 0.717) is 17.9 Å². The summed E-state index contributed by atoms with van der Waals surface area (Å²) in [5.74, 6) is -0.162. The summed E-state index contributed by atoms with van der Waals surface area (Å²) >= 11 is 0. The average Bonchev–Trinajstić information content (AvgIpc) is 2.48. The highest BCUT2D eigenvalue weighted by atomic mass is 16.5. The van der Waals surface area contributed by atoms with Gasteiger partial charge in [-0.05, 0) is 48.6 Å². The lowest BCUT2D eigenvalue weighted by Gasteiger charge is -2.19. The van der Waals surface area contributed by atoms with E-state index in [2.05, 4.69) is 5.32 Å². The second kappa shape index (κ2) is 5.72. The number of rotatable bonds is 2. The molecule has 2 aromatic carbocycles. The van der Waals surface area contributed by atoms with Crippen LogP contribution < -0.4 is 10.8 Å². The lowest BCUT2D eigenvalue weighted by atomic mass is 9.73. The summed E-state index contributed by atoms with van der Waals surface area (Å²) in [5, 5.41) is 12.7. The molecule has 106 valence electrons. The Morgan fingerprint density at radius 1 is 1.29 bits per heavy atom. The second-order valence-electron chi connectivity index (χ2n) is 5.21. The van der Waals surface area contributed by atoms with Gasteiger partial charge in [0.15, 0.2) is 0 Å². The maximum absolute atomic E-state index is 12.2. The van der Waals surface area contributed by atoms with E-state index in [9.17, 15) is 9.82 Å². The second-order valence-corrected chi connectivity index (χ2v) is 5.21. The minimum Gasteiger partial charge on any atom is -0.423 e. The number of carbonyl (C=O) groups excluding carboxylic acids is 1. The van der Waals surface area contributed by atoms with Crippen molar-refractivity contribution in [2.45, 2.75) is 13.3 Å². The molecule has 1 amide bonds. The molecule has 0 fully saturated rings. The number of anilines is 1. The predicted octanol–water partition coefficient (Wildman–Crippen LogP) is 1.51. The van der Waals surface area contributed by atoms with E-state index in [1.807, 2.05) is 37.3 Å². The lowest BCUT2D eigenvalue weighted by molar-refractivity contribution is 0.102. The number of hydrogen-bond donors (Lipinski definition) is 2. The van der Waals surface area contributed by atoms with Gasteiger partial charge in [-0.15, -0.1) is 0 Å². The number of benzene rings is 2. The molecular formula is C16H16BNO3. The molecule has 2 N–H and O–H groups in total. The molecule has 21 heavy (non-hydrogen) atoms. The van der Waals surface area contributed by atoms with Crippen molar-refractivity contribution in [2.24, 2.45) is 0 Å². The molecule has 0 bridgehead atoms. The normalized spacial score (nSPS) is 13.7. The zero-order valence-corrected chi connectivity index (χ0v) is 11.8. The van der Waals surface area contributed by atoms with Crippen LogP contribution in [0.15, 0.2) is 42.5 Å². The zero-order valence-electron chi connectivity index (χ0n) is 11.8. The molecular weight excluding hydrogens is 265 g/mol. The smallest absolute Gasteiger partial charge is 0.423 e. The van der Waals surface area contributed by atoms with E-state index in [4.69, 9.17) is 4.65 Å². The Bertz CT molecular complexity index is 687. The molecule has 4 nitrogen and oxygen atoms in total. The summed E-state index contributed by atoms with van der Waals surface area (Å²) < 4.78 is 5.21. The van der Waals surface area contributed by atoms with Gasteiger partial charge in [0, 0.05) is 17.9 Å². The van der Waals surface area contributed by atoms with Gasteiger partial charge < -0.3 is 15.0 Å². The van der Waals surface area contributed by atoms with Gasteiger partial charge in [-0.3, -0.25) is 4.79 Å². The standard InChI is InChI=1S/C16H16BNO3/c1-11-3-2-4-13(9-11)16(19)18-14-6-5-12-7-8-21-17(20)15(12)10-14/h2-6,9-10,20H,7-8H2,1H3,(H,18,19). The highest BCUT2D eigenvalue weighted by molar-refractivity contribution is 6.61. The van der Waals surface area contributed by atoms with E-state index >= 15 is 0 Å². The van der Waals surface area contributed by atoms with Gasteiger partial charge in [-0.25, -0.2) is 0 Å². The Labute approximate surface area is 123 Å². The summed E-state index contributed by atoms with van der Waals surface area (Å²) in [7, 11) is -0.912. The molecule has 1 aliphatic heterocycles. The first kappa shape index (κ1) is 13.9. The van der Waals surface area contributed by atoms with Crippen molar-refractivity contribution in [3.8, 4) is 0 Å². The third-order valence-electron chi connectivity index (χ3n) is 3.60. The Morgan fingerprint density at radius 2 is 2.14 bits per heavy atom. The van der Waals surface area contributed by atoms with Crippen LogP contribution in [0.3, 0.4) is 0 Å². The molecule has 5 heteroatoms. The topological polar surface area (TPSA) is 58.6 Å². The molecule has 0 aromatic heterocycles. The van der Waals surface area contributed by atoms with Crippen molar-refractivity contribution in [3.05, 3.63) is 59.2 Å². The van der Waals surface area contributed by atoms with E-state index in [0.717, 1.165) is 23.0 Å². The fourth-order valence-electron chi connectivity index (χ4n) is 2.49. The van der Waals surface area contributed by atoms with Crippen LogP contribution in [-0.2, 0) is 11.1 Å². The largest absolute Gasteiger partial charge is 0.491 e. The molecule has 0 atom stereocenters. The molecule has 0 radical (unpaired) electrons. The van der Waals surface area contributed by atoms with Crippen LogP contribution in [0.2, 0.25) is 0 Å². The van der Waals surface area contributed by atoms with Crippen molar-refractivity contribution < 1.29 is 14.5 Å². The van der Waals surface area contributed by atoms with Gasteiger partial charge in [0.1, 0.15) is 0 Å². The van der Waals surface area contributed by atoms with Gasteiger partial charge >= 0.3 is 7.12 Å². The maximum Gasteiger partial charge on any atom is 0.491 e. The number of nitrogens with one attached hydrogen (secondary N) is 1. The number of carbonyl (C=O) groups is 1. The number of aryl methyl sites for hydroxylation is 1. The first-order valence-electron chi connectivity index (χ1n) is 6.94. The SMILES string of the molecule is Cc1cccc(C(=O)Nc2ccc3c(c2)B(O)OCC3)c1. The summed E-state index contributed by atoms with van der Waals surface area (Å²) in [4.78, 5) is 12.2. The molecule has 0 aliphatic carbocycles. The quantitative estimate of drug-likeness (QED) is 0.820. The van der Waals surface area contributed by atoms with Crippen LogP contribution in [0, 0.1) is 6.92 Å². The van der Waals surface area contributed by atoms with Crippen molar-refractivity contribution in [1.82, 2.24) is 0 Å². The summed E-state index contributed by atoms with van der Waals surface area (Å²) in [6.45, 7) is 2.46. The van der Waals surface area contributed by atoms with Crippen molar-refractivity contribution >= 4 is 24.2 Å². The molecule has 1 aliphatic rings. The summed E-state index contributed by atoms with van der Waals surface area (Å²) in [6.07, 6.45) is 0.776. The van der Waals surface area contributed by atoms with E-state index < -0.39 is 7.12 Å². The van der Waals surface area contributed by atoms with Gasteiger partial charge in [-0.2, -0.15) is 0 Å². The van der Waals surface area contributed by atoms with Crippen molar-refractivity contribution in [1.29, 1.82) is 0 Å². The zero-order chi connectivity index (χ0) is 14.8. The average molecular weight is 281 g/mol. The predicted molar refractivity (Wildman–Crippen MR) is 82.8 cm³/mol. The number of hydrogen-bond acceptors (Lipinski definition) is 3. The van der Waals surface area contributed by atoms with Crippen LogP contribution >= 0.6 is 0 Å². The van der Waals surface area contributed by atoms with Crippen LogP contribution in [0.1, 0.15) is 21.5 Å². The van der Waals surface area contributed by atoms with E-state index in [1.165, 1.54) is 0 Å². The molecule has 0 saturated heterocycles. The van der Waals surface area contributed by atoms with Gasteiger partial charge in [-0.1, -0.05) is 23.8 Å². The molecule has 0 unspecified atom stereocenters. The molecule has 0 saturated carbocycles. The highest BCUT2D eigenvalue weighted by Crippen LogP contribution is 2.14. The van der Waals surface area contributed by atoms with Gasteiger partial charge in [0.25, 0.3) is 5.91 Å². The Balaban J connectivity index is 1.82. The first-order chi connectivity index (χ1) is 10.1. The molecule has 2 aromatic rings. The Morgan fingerprint density at radius 3 is 2.95 bits per heavy atom. The van der Waals surface area contributed by atoms with Crippen molar-refractivity contribution in [2.75, 3.05) is 11.9 Å². The van der Waals surface area contributed by atoms with Crippen LogP contribution in [-0.4, -0.2) is 24.7 Å². The minimum absolute atomic E-state index is 0.162. The Hall–Kier alpha value is -2.11. The van der Waals surface area contributed by atoms with Gasteiger partial charge in [0.05, 0.1) is 0 Å². The molecule has 1 heterocycles. The van der Waals surface area contributed by atoms with Crippen LogP contribution in [0.25, 0.3) is 0 Å². The van der Waals surface area contributed by atoms with E-state index in [1.54, 1.807) is 12.1 Å². The van der Waals surface area contributed by atoms with Crippen LogP contribution in [0.5, 0.6) is 0 Å². The fourth-order valence-corrected chi connectivity index (χ4v) is 2.49.